The third-order valence-electron chi connectivity index (χ3n) is 2.60. The van der Waals surface area contributed by atoms with Crippen LogP contribution < -0.4 is 10.6 Å². The molecule has 0 aromatic heterocycles. The van der Waals surface area contributed by atoms with Crippen molar-refractivity contribution in [1.82, 2.24) is 10.6 Å². The number of hydrogen-bond donors (Lipinski definition) is 3. The van der Waals surface area contributed by atoms with Gasteiger partial charge in [0.25, 0.3) is 0 Å². The Kier molecular flexibility index (Phi) is 8.70. The fraction of sp³-hybridized carbons (Fsp3) is 0.750. The Morgan fingerprint density at radius 3 is 2.76 bits per heavy atom. The summed E-state index contributed by atoms with van der Waals surface area (Å²) in [6, 6.07) is -0.381. The zero-order valence-electron chi connectivity index (χ0n) is 11.9. The first-order chi connectivity index (χ1) is 9.97. The molecule has 0 saturated carbocycles. The van der Waals surface area contributed by atoms with E-state index < -0.39 is 6.10 Å². The van der Waals surface area contributed by atoms with Crippen molar-refractivity contribution in [3.05, 3.63) is 10.9 Å². The van der Waals surface area contributed by atoms with Gasteiger partial charge in [-0.05, 0) is 18.5 Å². The number of methoxy groups -OCH3 is 1. The van der Waals surface area contributed by atoms with E-state index >= 15 is 0 Å². The number of nitrogens with one attached hydrogen (secondary N) is 2. The molecule has 9 heteroatoms. The van der Waals surface area contributed by atoms with Gasteiger partial charge in [0.1, 0.15) is 11.9 Å². The standard InChI is InChI=1S/C12H20Cl3N3O3/c1-7(4-21-5-8(19)3-13)16-11-10(14)9(6-20-2)17-12(15)18-11/h7-9,16,19H,3-6H2,1-2H3,(H,17,18)/t7-,8?,9?/m0/s1. The Bertz CT molecular complexity index is 393. The van der Waals surface area contributed by atoms with E-state index in [9.17, 15) is 5.11 Å². The molecule has 0 spiro atoms. The quantitative estimate of drug-likeness (QED) is 0.425. The topological polar surface area (TPSA) is 75.1 Å². The molecule has 0 saturated heterocycles. The van der Waals surface area contributed by atoms with Gasteiger partial charge in [-0.25, -0.2) is 4.99 Å². The van der Waals surface area contributed by atoms with Crippen molar-refractivity contribution in [2.24, 2.45) is 4.99 Å². The molecule has 0 aromatic rings. The summed E-state index contributed by atoms with van der Waals surface area (Å²) in [5.41, 5.74) is 0. The predicted octanol–water partition coefficient (Wildman–Crippen LogP) is 1.20. The summed E-state index contributed by atoms with van der Waals surface area (Å²) in [4.78, 5) is 4.14. The average molecular weight is 361 g/mol. The van der Waals surface area contributed by atoms with E-state index in [1.165, 1.54) is 0 Å². The van der Waals surface area contributed by atoms with E-state index in [0.29, 0.717) is 24.1 Å². The second-order valence-electron chi connectivity index (χ2n) is 4.63. The third kappa shape index (κ3) is 6.59. The number of alkyl halides is 1. The van der Waals surface area contributed by atoms with E-state index in [1.54, 1.807) is 7.11 Å². The fourth-order valence-corrected chi connectivity index (χ4v) is 2.16. The molecule has 6 nitrogen and oxygen atoms in total. The van der Waals surface area contributed by atoms with Crippen LogP contribution in [0.15, 0.2) is 15.8 Å². The van der Waals surface area contributed by atoms with Crippen LogP contribution in [0.2, 0.25) is 0 Å². The molecule has 2 unspecified atom stereocenters. The van der Waals surface area contributed by atoms with Crippen molar-refractivity contribution in [3.63, 3.8) is 0 Å². The lowest BCUT2D eigenvalue weighted by atomic mass is 10.2. The van der Waals surface area contributed by atoms with Crippen molar-refractivity contribution < 1.29 is 14.6 Å². The van der Waals surface area contributed by atoms with Gasteiger partial charge in [-0.1, -0.05) is 11.6 Å². The Balaban J connectivity index is 2.49. The largest absolute Gasteiger partial charge is 0.389 e. The van der Waals surface area contributed by atoms with Crippen LogP contribution in [0.1, 0.15) is 6.92 Å². The van der Waals surface area contributed by atoms with Gasteiger partial charge in [0.15, 0.2) is 5.29 Å². The van der Waals surface area contributed by atoms with E-state index in [-0.39, 0.29) is 29.9 Å². The highest BCUT2D eigenvalue weighted by molar-refractivity contribution is 6.65. The molecule has 21 heavy (non-hydrogen) atoms. The fourth-order valence-electron chi connectivity index (χ4n) is 1.64. The van der Waals surface area contributed by atoms with Gasteiger partial charge in [0.2, 0.25) is 0 Å². The van der Waals surface area contributed by atoms with Gasteiger partial charge in [0.05, 0.1) is 36.8 Å². The minimum atomic E-state index is -0.665. The molecule has 0 amide bonds. The molecular formula is C12H20Cl3N3O3. The van der Waals surface area contributed by atoms with E-state index in [2.05, 4.69) is 15.6 Å². The molecule has 0 radical (unpaired) electrons. The molecule has 1 heterocycles. The number of rotatable bonds is 9. The summed E-state index contributed by atoms with van der Waals surface area (Å²) < 4.78 is 10.4. The highest BCUT2D eigenvalue weighted by Gasteiger charge is 2.23. The van der Waals surface area contributed by atoms with Crippen LogP contribution in [-0.2, 0) is 9.47 Å². The first-order valence-electron chi connectivity index (χ1n) is 6.45. The van der Waals surface area contributed by atoms with Gasteiger partial charge < -0.3 is 25.2 Å². The van der Waals surface area contributed by atoms with Crippen LogP contribution in [0.25, 0.3) is 0 Å². The molecule has 0 aliphatic carbocycles. The van der Waals surface area contributed by atoms with Crippen molar-refractivity contribution in [3.8, 4) is 0 Å². The Hall–Kier alpha value is -0.240. The number of aliphatic hydroxyl groups excluding tert-OH is 1. The predicted molar refractivity (Wildman–Crippen MR) is 85.1 cm³/mol. The molecule has 1 rings (SSSR count). The number of aliphatic hydroxyl groups is 1. The monoisotopic (exact) mass is 359 g/mol. The molecule has 3 N–H and O–H groups in total. The molecule has 3 atom stereocenters. The Morgan fingerprint density at radius 1 is 1.43 bits per heavy atom. The van der Waals surface area contributed by atoms with Crippen LogP contribution in [0.4, 0.5) is 0 Å². The highest BCUT2D eigenvalue weighted by Crippen LogP contribution is 2.19. The van der Waals surface area contributed by atoms with Crippen LogP contribution in [0.5, 0.6) is 0 Å². The third-order valence-corrected chi connectivity index (χ3v) is 3.59. The molecular weight excluding hydrogens is 341 g/mol. The van der Waals surface area contributed by atoms with Crippen LogP contribution in [0, 0.1) is 0 Å². The minimum absolute atomic E-state index is 0.0467. The molecule has 0 aromatic carbocycles. The maximum atomic E-state index is 9.30. The summed E-state index contributed by atoms with van der Waals surface area (Å²) in [5, 5.41) is 16.1. The summed E-state index contributed by atoms with van der Waals surface area (Å²) >= 11 is 17.7. The number of ether oxygens (including phenoxy) is 2. The smallest absolute Gasteiger partial charge is 0.197 e. The summed E-state index contributed by atoms with van der Waals surface area (Å²) in [6.45, 7) is 2.82. The normalized spacial score (nSPS) is 21.6. The van der Waals surface area contributed by atoms with Gasteiger partial charge in [-0.3, -0.25) is 0 Å². The SMILES string of the molecule is COCC1N=C(Cl)NC(N[C@@H](C)COCC(O)CCl)=C1Cl. The summed E-state index contributed by atoms with van der Waals surface area (Å²) in [6.07, 6.45) is -0.665. The van der Waals surface area contributed by atoms with Gasteiger partial charge in [-0.2, -0.15) is 0 Å². The second-order valence-corrected chi connectivity index (χ2v) is 5.70. The first kappa shape index (κ1) is 18.8. The van der Waals surface area contributed by atoms with E-state index in [1.807, 2.05) is 6.92 Å². The lowest BCUT2D eigenvalue weighted by Crippen LogP contribution is -2.42. The van der Waals surface area contributed by atoms with Gasteiger partial charge in [0, 0.05) is 13.2 Å². The number of hydrogen-bond acceptors (Lipinski definition) is 6. The van der Waals surface area contributed by atoms with Gasteiger partial charge in [-0.15, -0.1) is 11.6 Å². The molecule has 0 bridgehead atoms. The zero-order chi connectivity index (χ0) is 15.8. The highest BCUT2D eigenvalue weighted by atomic mass is 35.5. The summed E-state index contributed by atoms with van der Waals surface area (Å²) in [7, 11) is 1.57. The van der Waals surface area contributed by atoms with Crippen molar-refractivity contribution in [2.75, 3.05) is 32.8 Å². The van der Waals surface area contributed by atoms with E-state index in [0.717, 1.165) is 0 Å². The Morgan fingerprint density at radius 2 is 2.14 bits per heavy atom. The average Bonchev–Trinajstić information content (AvgIpc) is 2.43. The Labute approximate surface area is 139 Å². The van der Waals surface area contributed by atoms with Crippen LogP contribution in [0.3, 0.4) is 0 Å². The van der Waals surface area contributed by atoms with Gasteiger partial charge >= 0.3 is 0 Å². The number of amidine groups is 1. The maximum absolute atomic E-state index is 9.30. The minimum Gasteiger partial charge on any atom is -0.389 e. The molecule has 122 valence electrons. The van der Waals surface area contributed by atoms with E-state index in [4.69, 9.17) is 44.3 Å². The van der Waals surface area contributed by atoms with Crippen molar-refractivity contribution in [1.29, 1.82) is 0 Å². The number of halogens is 3. The number of nitrogens with zero attached hydrogens (tertiary/aromatic N) is 1. The van der Waals surface area contributed by atoms with Crippen LogP contribution >= 0.6 is 34.8 Å². The van der Waals surface area contributed by atoms with Crippen LogP contribution in [-0.4, -0.2) is 61.4 Å². The zero-order valence-corrected chi connectivity index (χ0v) is 14.2. The van der Waals surface area contributed by atoms with Crippen molar-refractivity contribution >= 4 is 40.1 Å². The molecule has 0 fully saturated rings. The second kappa shape index (κ2) is 9.71. The van der Waals surface area contributed by atoms with Crippen molar-refractivity contribution in [2.45, 2.75) is 25.1 Å². The maximum Gasteiger partial charge on any atom is 0.197 e. The summed E-state index contributed by atoms with van der Waals surface area (Å²) in [5.74, 6) is 0.721. The molecule has 1 aliphatic rings. The lowest BCUT2D eigenvalue weighted by molar-refractivity contribution is 0.0404. The molecule has 1 aliphatic heterocycles. The first-order valence-corrected chi connectivity index (χ1v) is 7.74. The lowest BCUT2D eigenvalue weighted by Gasteiger charge is -2.26. The number of aliphatic imine (C=N–C) groups is 1.